The first-order valence-corrected chi connectivity index (χ1v) is 8.52. The van der Waals surface area contributed by atoms with Crippen molar-refractivity contribution < 1.29 is 18.0 Å². The molecule has 0 atom stereocenters. The van der Waals surface area contributed by atoms with Crippen LogP contribution in [0, 0.1) is 22.7 Å². The maximum Gasteiger partial charge on any atom is 0.446 e. The van der Waals surface area contributed by atoms with Crippen LogP contribution in [-0.2, 0) is 0 Å². The van der Waals surface area contributed by atoms with Crippen LogP contribution >= 0.6 is 11.8 Å². The lowest BCUT2D eigenvalue weighted by Gasteiger charge is -2.12. The van der Waals surface area contributed by atoms with Crippen molar-refractivity contribution in [3.05, 3.63) is 46.4 Å². The summed E-state index contributed by atoms with van der Waals surface area (Å²) in [4.78, 5) is 12.0. The molecule has 0 aliphatic carbocycles. The number of hydrogen-bond donors (Lipinski definition) is 0. The molecule has 3 nitrogen and oxygen atoms in total. The maximum atomic E-state index is 12.8. The first-order valence-electron chi connectivity index (χ1n) is 7.70. The number of halogens is 3. The fourth-order valence-corrected chi connectivity index (χ4v) is 2.92. The Hall–Kier alpha value is -2.25. The zero-order valence-corrected chi connectivity index (χ0v) is 14.3. The number of carbonyl (C=O) groups is 1. The molecule has 0 saturated heterocycles. The van der Waals surface area contributed by atoms with Crippen molar-refractivity contribution in [3.8, 4) is 12.1 Å². The molecule has 1 aromatic rings. The number of ketones is 1. The topological polar surface area (TPSA) is 64.7 Å². The lowest BCUT2D eigenvalue weighted by atomic mass is 10.0. The zero-order chi connectivity index (χ0) is 18.7. The molecule has 1 rings (SSSR count). The number of benzene rings is 1. The van der Waals surface area contributed by atoms with Crippen molar-refractivity contribution in [2.75, 3.05) is 0 Å². The fraction of sp³-hybridized carbons (Fsp3) is 0.389. The first kappa shape index (κ1) is 20.8. The maximum absolute atomic E-state index is 12.8. The van der Waals surface area contributed by atoms with Crippen molar-refractivity contribution in [1.82, 2.24) is 0 Å². The molecule has 0 unspecified atom stereocenters. The number of rotatable bonds is 9. The normalized spacial score (nSPS) is 12.0. The molecule has 0 aromatic heterocycles. The average Bonchev–Trinajstić information content (AvgIpc) is 2.58. The molecule has 0 aliphatic rings. The SMILES string of the molecule is N#CCCCC/C(C#N)=C(/CCC(=O)c1ccccc1)SC(F)(F)F. The van der Waals surface area contributed by atoms with E-state index in [1.807, 2.05) is 12.1 Å². The molecule has 0 bridgehead atoms. The van der Waals surface area contributed by atoms with Gasteiger partial charge in [-0.3, -0.25) is 4.79 Å². The Morgan fingerprint density at radius 2 is 1.72 bits per heavy atom. The van der Waals surface area contributed by atoms with Crippen molar-refractivity contribution in [2.45, 2.75) is 44.0 Å². The van der Waals surface area contributed by atoms with Gasteiger partial charge < -0.3 is 0 Å². The molecular formula is C18H17F3N2OS. The molecular weight excluding hydrogens is 349 g/mol. The molecule has 0 fully saturated rings. The van der Waals surface area contributed by atoms with Gasteiger partial charge in [0.1, 0.15) is 0 Å². The number of hydrogen-bond acceptors (Lipinski definition) is 4. The third kappa shape index (κ3) is 8.42. The van der Waals surface area contributed by atoms with Crippen LogP contribution in [0.15, 0.2) is 40.8 Å². The van der Waals surface area contributed by atoms with E-state index in [1.54, 1.807) is 30.3 Å². The Morgan fingerprint density at radius 3 is 2.28 bits per heavy atom. The predicted octanol–water partition coefficient (Wildman–Crippen LogP) is 5.76. The van der Waals surface area contributed by atoms with Gasteiger partial charge in [-0.25, -0.2) is 0 Å². The molecule has 1 aromatic carbocycles. The molecule has 0 saturated carbocycles. The summed E-state index contributed by atoms with van der Waals surface area (Å²) < 4.78 is 38.4. The molecule has 25 heavy (non-hydrogen) atoms. The highest BCUT2D eigenvalue weighted by atomic mass is 32.2. The number of alkyl halides is 3. The van der Waals surface area contributed by atoms with Crippen molar-refractivity contribution in [1.29, 1.82) is 10.5 Å². The van der Waals surface area contributed by atoms with Crippen molar-refractivity contribution in [2.24, 2.45) is 0 Å². The van der Waals surface area contributed by atoms with Crippen LogP contribution in [0.5, 0.6) is 0 Å². The average molecular weight is 366 g/mol. The lowest BCUT2D eigenvalue weighted by Crippen LogP contribution is -2.05. The molecule has 0 amide bonds. The van der Waals surface area contributed by atoms with Crippen molar-refractivity contribution in [3.63, 3.8) is 0 Å². The smallest absolute Gasteiger partial charge is 0.294 e. The van der Waals surface area contributed by atoms with E-state index in [0.717, 1.165) is 0 Å². The highest BCUT2D eigenvalue weighted by Gasteiger charge is 2.31. The summed E-state index contributed by atoms with van der Waals surface area (Å²) in [5.74, 6) is -0.261. The van der Waals surface area contributed by atoms with Crippen LogP contribution in [0.25, 0.3) is 0 Å². The third-order valence-electron chi connectivity index (χ3n) is 3.35. The predicted molar refractivity (Wildman–Crippen MR) is 90.4 cm³/mol. The second-order valence-electron chi connectivity index (χ2n) is 5.22. The van der Waals surface area contributed by atoms with E-state index in [9.17, 15) is 23.2 Å². The van der Waals surface area contributed by atoms with Gasteiger partial charge in [0.25, 0.3) is 0 Å². The van der Waals surface area contributed by atoms with E-state index in [4.69, 9.17) is 5.26 Å². The summed E-state index contributed by atoms with van der Waals surface area (Å²) in [5, 5.41) is 17.7. The van der Waals surface area contributed by atoms with Gasteiger partial charge >= 0.3 is 5.51 Å². The molecule has 0 spiro atoms. The van der Waals surface area contributed by atoms with E-state index in [0.29, 0.717) is 24.8 Å². The van der Waals surface area contributed by atoms with Crippen LogP contribution in [0.4, 0.5) is 13.2 Å². The van der Waals surface area contributed by atoms with Gasteiger partial charge in [0.15, 0.2) is 5.78 Å². The zero-order valence-electron chi connectivity index (χ0n) is 13.5. The van der Waals surface area contributed by atoms with Gasteiger partial charge in [-0.05, 0) is 37.4 Å². The molecule has 7 heteroatoms. The number of Topliss-reactive ketones (excluding diaryl/α,β-unsaturated/α-hetero) is 1. The Kier molecular flexibility index (Phi) is 8.80. The summed E-state index contributed by atoms with van der Waals surface area (Å²) in [7, 11) is 0. The van der Waals surface area contributed by atoms with Crippen LogP contribution < -0.4 is 0 Å². The molecule has 0 heterocycles. The van der Waals surface area contributed by atoms with Gasteiger partial charge in [0.2, 0.25) is 0 Å². The van der Waals surface area contributed by atoms with Crippen LogP contribution in [-0.4, -0.2) is 11.3 Å². The molecule has 0 radical (unpaired) electrons. The van der Waals surface area contributed by atoms with Gasteiger partial charge in [0, 0.05) is 28.9 Å². The summed E-state index contributed by atoms with van der Waals surface area (Å²) in [5.41, 5.74) is -4.03. The lowest BCUT2D eigenvalue weighted by molar-refractivity contribution is -0.0322. The van der Waals surface area contributed by atoms with E-state index in [-0.39, 0.29) is 47.3 Å². The van der Waals surface area contributed by atoms with E-state index in [1.165, 1.54) is 0 Å². The van der Waals surface area contributed by atoms with E-state index >= 15 is 0 Å². The minimum Gasteiger partial charge on any atom is -0.294 e. The van der Waals surface area contributed by atoms with Gasteiger partial charge in [-0.2, -0.15) is 23.7 Å². The fourth-order valence-electron chi connectivity index (χ4n) is 2.16. The highest BCUT2D eigenvalue weighted by Crippen LogP contribution is 2.40. The van der Waals surface area contributed by atoms with Crippen molar-refractivity contribution >= 4 is 17.5 Å². The second-order valence-corrected chi connectivity index (χ2v) is 6.38. The van der Waals surface area contributed by atoms with Gasteiger partial charge in [-0.15, -0.1) is 0 Å². The van der Waals surface area contributed by atoms with Crippen LogP contribution in [0.2, 0.25) is 0 Å². The second kappa shape index (κ2) is 10.6. The number of unbranched alkanes of at least 4 members (excludes halogenated alkanes) is 2. The molecule has 0 N–H and O–H groups in total. The minimum absolute atomic E-state index is 0.0427. The van der Waals surface area contributed by atoms with Crippen LogP contribution in [0.1, 0.15) is 48.9 Å². The number of allylic oxidation sites excluding steroid dienone is 2. The number of carbonyl (C=O) groups excluding carboxylic acids is 1. The number of nitriles is 2. The Balaban J connectivity index is 2.84. The summed E-state index contributed by atoms with van der Waals surface area (Å²) in [6, 6.07) is 12.1. The van der Waals surface area contributed by atoms with E-state index in [2.05, 4.69) is 0 Å². The van der Waals surface area contributed by atoms with Gasteiger partial charge in [-0.1, -0.05) is 30.3 Å². The quantitative estimate of drug-likeness (QED) is 0.316. The standard InChI is InChI=1S/C18H17F3N2OS/c19-18(20,21)25-17(15(13-23)9-5-2-6-12-22)11-10-16(24)14-7-3-1-4-8-14/h1,3-4,7-8H,2,5-6,9-11H2/b17-15+. The highest BCUT2D eigenvalue weighted by molar-refractivity contribution is 8.03. The van der Waals surface area contributed by atoms with Gasteiger partial charge in [0.05, 0.1) is 12.1 Å². The molecule has 0 aliphatic heterocycles. The summed E-state index contributed by atoms with van der Waals surface area (Å²) >= 11 is -0.325. The summed E-state index contributed by atoms with van der Waals surface area (Å²) in [6.07, 6.45) is 1.24. The first-order chi connectivity index (χ1) is 11.9. The Labute approximate surface area is 149 Å². The largest absolute Gasteiger partial charge is 0.446 e. The number of nitrogens with zero attached hydrogens (tertiary/aromatic N) is 2. The monoisotopic (exact) mass is 366 g/mol. The van der Waals surface area contributed by atoms with E-state index < -0.39 is 5.51 Å². The Bertz CT molecular complexity index is 685. The Morgan fingerprint density at radius 1 is 1.04 bits per heavy atom. The molecule has 132 valence electrons. The number of thioether (sulfide) groups is 1. The third-order valence-corrected chi connectivity index (χ3v) is 4.28. The summed E-state index contributed by atoms with van der Waals surface area (Å²) in [6.45, 7) is 0. The minimum atomic E-state index is -4.51. The van der Waals surface area contributed by atoms with Crippen LogP contribution in [0.3, 0.4) is 0 Å².